The van der Waals surface area contributed by atoms with E-state index in [1.807, 2.05) is 0 Å². The smallest absolute Gasteiger partial charge is 0.139 e. The first-order valence-corrected chi connectivity index (χ1v) is 8.28. The molecule has 2 aliphatic rings. The monoisotopic (exact) mass is 250 g/mol. The van der Waals surface area contributed by atoms with E-state index >= 15 is 0 Å². The zero-order valence-electron chi connectivity index (χ0n) is 12.3. The highest BCUT2D eigenvalue weighted by Gasteiger charge is 2.33. The molecule has 2 unspecified atom stereocenters. The van der Waals surface area contributed by atoms with E-state index in [0.29, 0.717) is 17.6 Å². The Hall–Kier alpha value is -0.330. The first-order valence-electron chi connectivity index (χ1n) is 8.28. The summed E-state index contributed by atoms with van der Waals surface area (Å²) in [7, 11) is 0. The van der Waals surface area contributed by atoms with Crippen LogP contribution in [0.25, 0.3) is 0 Å². The van der Waals surface area contributed by atoms with Gasteiger partial charge in [-0.3, -0.25) is 4.79 Å². The summed E-state index contributed by atoms with van der Waals surface area (Å²) >= 11 is 0. The molecule has 1 nitrogen and oxygen atoms in total. The number of hydrogen-bond acceptors (Lipinski definition) is 1. The van der Waals surface area contributed by atoms with Gasteiger partial charge in [0.1, 0.15) is 5.78 Å². The number of ketones is 1. The van der Waals surface area contributed by atoms with Crippen molar-refractivity contribution in [2.75, 3.05) is 0 Å². The Morgan fingerprint density at radius 1 is 0.833 bits per heavy atom. The van der Waals surface area contributed by atoms with Crippen molar-refractivity contribution < 1.29 is 4.79 Å². The van der Waals surface area contributed by atoms with Crippen LogP contribution in [0, 0.1) is 23.7 Å². The molecule has 2 fully saturated rings. The Morgan fingerprint density at radius 2 is 1.50 bits per heavy atom. The molecule has 0 heterocycles. The summed E-state index contributed by atoms with van der Waals surface area (Å²) in [6, 6.07) is 0. The summed E-state index contributed by atoms with van der Waals surface area (Å²) in [5.74, 6) is 3.23. The second-order valence-electron chi connectivity index (χ2n) is 6.67. The SMILES string of the molecule is CCC1CCC(C(=O)C2CCCC(CC)C2)CC1. The summed E-state index contributed by atoms with van der Waals surface area (Å²) in [5.41, 5.74) is 0. The van der Waals surface area contributed by atoms with Gasteiger partial charge in [0.25, 0.3) is 0 Å². The summed E-state index contributed by atoms with van der Waals surface area (Å²) in [6.45, 7) is 4.57. The molecule has 2 aliphatic carbocycles. The number of Topliss-reactive ketones (excluding diaryl/α,β-unsaturated/α-hetero) is 1. The topological polar surface area (TPSA) is 17.1 Å². The highest BCUT2D eigenvalue weighted by atomic mass is 16.1. The molecule has 0 saturated heterocycles. The van der Waals surface area contributed by atoms with Gasteiger partial charge in [0, 0.05) is 11.8 Å². The van der Waals surface area contributed by atoms with Crippen molar-refractivity contribution in [2.24, 2.45) is 23.7 Å². The molecule has 104 valence electrons. The highest BCUT2D eigenvalue weighted by Crippen LogP contribution is 2.37. The standard InChI is InChI=1S/C17H30O/c1-3-13-8-10-15(11-9-13)17(18)16-7-5-6-14(4-2)12-16/h13-16H,3-12H2,1-2H3. The van der Waals surface area contributed by atoms with E-state index < -0.39 is 0 Å². The van der Waals surface area contributed by atoms with Gasteiger partial charge >= 0.3 is 0 Å². The van der Waals surface area contributed by atoms with Gasteiger partial charge in [0.2, 0.25) is 0 Å². The van der Waals surface area contributed by atoms with Crippen molar-refractivity contribution in [1.29, 1.82) is 0 Å². The van der Waals surface area contributed by atoms with Gasteiger partial charge in [-0.1, -0.05) is 39.5 Å². The van der Waals surface area contributed by atoms with E-state index in [0.717, 1.165) is 11.8 Å². The van der Waals surface area contributed by atoms with Crippen LogP contribution >= 0.6 is 0 Å². The van der Waals surface area contributed by atoms with Gasteiger partial charge in [0.05, 0.1) is 0 Å². The van der Waals surface area contributed by atoms with E-state index in [-0.39, 0.29) is 0 Å². The second kappa shape index (κ2) is 6.73. The predicted octanol–water partition coefficient (Wildman–Crippen LogP) is 4.99. The van der Waals surface area contributed by atoms with E-state index in [9.17, 15) is 4.79 Å². The molecule has 0 aromatic rings. The van der Waals surface area contributed by atoms with Gasteiger partial charge in [0.15, 0.2) is 0 Å². The van der Waals surface area contributed by atoms with Crippen LogP contribution in [0.15, 0.2) is 0 Å². The molecule has 0 amide bonds. The zero-order chi connectivity index (χ0) is 13.0. The van der Waals surface area contributed by atoms with Crippen LogP contribution in [-0.2, 0) is 4.79 Å². The Balaban J connectivity index is 1.83. The fourth-order valence-corrected chi connectivity index (χ4v) is 4.11. The van der Waals surface area contributed by atoms with Crippen LogP contribution in [0.5, 0.6) is 0 Å². The number of carbonyl (C=O) groups is 1. The quantitative estimate of drug-likeness (QED) is 0.687. The van der Waals surface area contributed by atoms with Crippen LogP contribution in [-0.4, -0.2) is 5.78 Å². The predicted molar refractivity (Wildman–Crippen MR) is 76.5 cm³/mol. The number of hydrogen-bond donors (Lipinski definition) is 0. The third kappa shape index (κ3) is 3.36. The van der Waals surface area contributed by atoms with Crippen LogP contribution in [0.2, 0.25) is 0 Å². The fraction of sp³-hybridized carbons (Fsp3) is 0.941. The van der Waals surface area contributed by atoms with Crippen molar-refractivity contribution >= 4 is 5.78 Å². The Labute approximate surface area is 113 Å². The van der Waals surface area contributed by atoms with Gasteiger partial charge in [-0.2, -0.15) is 0 Å². The van der Waals surface area contributed by atoms with Crippen molar-refractivity contribution in [3.8, 4) is 0 Å². The lowest BCUT2D eigenvalue weighted by atomic mass is 9.71. The lowest BCUT2D eigenvalue weighted by molar-refractivity contribution is -0.129. The third-order valence-electron chi connectivity index (χ3n) is 5.59. The lowest BCUT2D eigenvalue weighted by Gasteiger charge is -2.33. The minimum Gasteiger partial charge on any atom is -0.299 e. The molecule has 1 heteroatoms. The summed E-state index contributed by atoms with van der Waals surface area (Å²) in [5, 5.41) is 0. The van der Waals surface area contributed by atoms with Crippen LogP contribution in [0.4, 0.5) is 0 Å². The van der Waals surface area contributed by atoms with Crippen molar-refractivity contribution in [2.45, 2.75) is 78.1 Å². The highest BCUT2D eigenvalue weighted by molar-refractivity contribution is 5.83. The molecule has 0 bridgehead atoms. The Bertz CT molecular complexity index is 263. The normalized spacial score (nSPS) is 37.4. The van der Waals surface area contributed by atoms with E-state index in [1.165, 1.54) is 64.2 Å². The van der Waals surface area contributed by atoms with Gasteiger partial charge < -0.3 is 0 Å². The van der Waals surface area contributed by atoms with E-state index in [1.54, 1.807) is 0 Å². The largest absolute Gasteiger partial charge is 0.299 e. The molecule has 2 rings (SSSR count). The average molecular weight is 250 g/mol. The molecular weight excluding hydrogens is 220 g/mol. The summed E-state index contributed by atoms with van der Waals surface area (Å²) in [4.78, 5) is 12.6. The molecule has 0 aliphatic heterocycles. The first-order chi connectivity index (χ1) is 8.74. The maximum atomic E-state index is 12.6. The van der Waals surface area contributed by atoms with Gasteiger partial charge in [-0.25, -0.2) is 0 Å². The first kappa shape index (κ1) is 14.1. The maximum absolute atomic E-state index is 12.6. The second-order valence-corrected chi connectivity index (χ2v) is 6.67. The minimum atomic E-state index is 0.423. The molecule has 0 radical (unpaired) electrons. The molecule has 2 atom stereocenters. The minimum absolute atomic E-state index is 0.423. The lowest BCUT2D eigenvalue weighted by Crippen LogP contribution is -2.30. The molecular formula is C17H30O. The molecule has 0 aromatic carbocycles. The van der Waals surface area contributed by atoms with E-state index in [2.05, 4.69) is 13.8 Å². The van der Waals surface area contributed by atoms with E-state index in [4.69, 9.17) is 0 Å². The van der Waals surface area contributed by atoms with Gasteiger partial charge in [-0.05, 0) is 50.4 Å². The Morgan fingerprint density at radius 3 is 2.11 bits per heavy atom. The zero-order valence-corrected chi connectivity index (χ0v) is 12.3. The van der Waals surface area contributed by atoms with Crippen molar-refractivity contribution in [3.05, 3.63) is 0 Å². The maximum Gasteiger partial charge on any atom is 0.139 e. The number of carbonyl (C=O) groups excluding carboxylic acids is 1. The molecule has 0 spiro atoms. The fourth-order valence-electron chi connectivity index (χ4n) is 4.11. The molecule has 18 heavy (non-hydrogen) atoms. The van der Waals surface area contributed by atoms with Gasteiger partial charge in [-0.15, -0.1) is 0 Å². The van der Waals surface area contributed by atoms with Crippen LogP contribution in [0.1, 0.15) is 78.1 Å². The summed E-state index contributed by atoms with van der Waals surface area (Å²) < 4.78 is 0. The van der Waals surface area contributed by atoms with Crippen molar-refractivity contribution in [1.82, 2.24) is 0 Å². The average Bonchev–Trinajstić information content (AvgIpc) is 2.46. The van der Waals surface area contributed by atoms with Crippen LogP contribution < -0.4 is 0 Å². The summed E-state index contributed by atoms with van der Waals surface area (Å²) in [6.07, 6.45) is 12.6. The molecule has 2 saturated carbocycles. The van der Waals surface area contributed by atoms with Crippen molar-refractivity contribution in [3.63, 3.8) is 0 Å². The third-order valence-corrected chi connectivity index (χ3v) is 5.59. The molecule has 0 N–H and O–H groups in total. The number of rotatable bonds is 4. The Kier molecular flexibility index (Phi) is 5.26. The van der Waals surface area contributed by atoms with Crippen LogP contribution in [0.3, 0.4) is 0 Å². The molecule has 0 aromatic heterocycles.